The first-order valence-corrected chi connectivity index (χ1v) is 14.1. The Labute approximate surface area is 227 Å². The maximum absolute atomic E-state index is 14.3. The topological polar surface area (TPSA) is 83.1 Å². The number of hydrogen-bond donors (Lipinski definition) is 0. The molecule has 2 aromatic carbocycles. The van der Waals surface area contributed by atoms with Crippen LogP contribution in [0, 0.1) is 5.82 Å². The number of nitrogens with zero attached hydrogens (tertiary/aromatic N) is 4. The van der Waals surface area contributed by atoms with Crippen molar-refractivity contribution in [1.29, 1.82) is 0 Å². The van der Waals surface area contributed by atoms with Crippen LogP contribution >= 0.6 is 23.7 Å². The predicted octanol–water partition coefficient (Wildman–Crippen LogP) is 4.26. The molecule has 1 amide bonds. The van der Waals surface area contributed by atoms with Crippen LogP contribution in [0.3, 0.4) is 0 Å². The Morgan fingerprint density at radius 1 is 1.14 bits per heavy atom. The Hall–Kier alpha value is -2.15. The van der Waals surface area contributed by atoms with E-state index >= 15 is 0 Å². The third-order valence-electron chi connectivity index (χ3n) is 6.12. The predicted molar refractivity (Wildman–Crippen MR) is 147 cm³/mol. The zero-order chi connectivity index (χ0) is 25.9. The van der Waals surface area contributed by atoms with Crippen molar-refractivity contribution in [2.24, 2.45) is 0 Å². The number of carbonyl (C=O) groups excluding carboxylic acids is 1. The van der Waals surface area contributed by atoms with E-state index in [9.17, 15) is 17.6 Å². The van der Waals surface area contributed by atoms with Gasteiger partial charge in [-0.1, -0.05) is 17.4 Å². The van der Waals surface area contributed by atoms with Crippen molar-refractivity contribution in [3.05, 3.63) is 53.8 Å². The number of thiazole rings is 1. The normalized spacial score (nSPS) is 15.9. The van der Waals surface area contributed by atoms with Gasteiger partial charge in [0.15, 0.2) is 5.13 Å². The number of aromatic nitrogens is 1. The van der Waals surface area contributed by atoms with Gasteiger partial charge in [0.05, 0.1) is 15.7 Å². The summed E-state index contributed by atoms with van der Waals surface area (Å²) in [5, 5.41) is 0.409. The van der Waals surface area contributed by atoms with E-state index in [1.54, 1.807) is 17.0 Å². The van der Waals surface area contributed by atoms with Gasteiger partial charge in [0.2, 0.25) is 10.0 Å². The van der Waals surface area contributed by atoms with Gasteiger partial charge < -0.3 is 9.64 Å². The number of sulfonamides is 1. The van der Waals surface area contributed by atoms with Crippen molar-refractivity contribution in [3.63, 3.8) is 0 Å². The Morgan fingerprint density at radius 3 is 2.49 bits per heavy atom. The summed E-state index contributed by atoms with van der Waals surface area (Å²) in [5.74, 6) is -0.748. The average Bonchev–Trinajstić information content (AvgIpc) is 3.52. The lowest BCUT2D eigenvalue weighted by Gasteiger charge is -2.22. The van der Waals surface area contributed by atoms with E-state index in [1.807, 2.05) is 19.0 Å². The van der Waals surface area contributed by atoms with E-state index in [4.69, 9.17) is 4.74 Å². The summed E-state index contributed by atoms with van der Waals surface area (Å²) in [6.07, 6.45) is 2.37. The van der Waals surface area contributed by atoms with Crippen LogP contribution in [0.2, 0.25) is 0 Å². The fourth-order valence-corrected chi connectivity index (χ4v) is 6.33. The Morgan fingerprint density at radius 2 is 1.86 bits per heavy atom. The number of ether oxygens (including phenoxy) is 1. The van der Waals surface area contributed by atoms with Crippen LogP contribution < -0.4 is 4.90 Å². The molecule has 0 spiro atoms. The highest BCUT2D eigenvalue weighted by atomic mass is 35.5. The first-order chi connectivity index (χ1) is 17.2. The summed E-state index contributed by atoms with van der Waals surface area (Å²) >= 11 is 1.25. The molecule has 202 valence electrons. The molecular weight excluding hydrogens is 539 g/mol. The van der Waals surface area contributed by atoms with Crippen LogP contribution in [-0.2, 0) is 14.8 Å². The second-order valence-corrected chi connectivity index (χ2v) is 12.2. The van der Waals surface area contributed by atoms with Gasteiger partial charge >= 0.3 is 0 Å². The minimum atomic E-state index is -3.72. The largest absolute Gasteiger partial charge is 0.377 e. The summed E-state index contributed by atoms with van der Waals surface area (Å²) in [6, 6.07) is 10.7. The molecule has 4 rings (SSSR count). The maximum Gasteiger partial charge on any atom is 0.260 e. The first-order valence-electron chi connectivity index (χ1n) is 11.9. The van der Waals surface area contributed by atoms with Crippen LogP contribution in [0.15, 0.2) is 47.4 Å². The number of para-hydroxylation sites is 1. The highest BCUT2D eigenvalue weighted by Gasteiger charge is 2.27. The van der Waals surface area contributed by atoms with Gasteiger partial charge in [-0.15, -0.1) is 12.4 Å². The van der Waals surface area contributed by atoms with Crippen LogP contribution in [0.25, 0.3) is 10.2 Å². The maximum atomic E-state index is 14.3. The number of amides is 1. The summed E-state index contributed by atoms with van der Waals surface area (Å²) in [5.41, 5.74) is 0.568. The molecule has 0 saturated carbocycles. The smallest absolute Gasteiger partial charge is 0.260 e. The van der Waals surface area contributed by atoms with Gasteiger partial charge in [-0.2, -0.15) is 4.31 Å². The molecule has 1 aliphatic rings. The number of halogens is 2. The molecule has 8 nitrogen and oxygen atoms in total. The van der Waals surface area contributed by atoms with Gasteiger partial charge in [0.25, 0.3) is 5.91 Å². The number of anilines is 1. The molecule has 1 aliphatic heterocycles. The van der Waals surface area contributed by atoms with Crippen molar-refractivity contribution >= 4 is 55.0 Å². The van der Waals surface area contributed by atoms with E-state index in [1.165, 1.54) is 53.0 Å². The average molecular weight is 571 g/mol. The number of fused-ring (bicyclic) bond motifs is 1. The molecule has 1 saturated heterocycles. The molecule has 0 radical (unpaired) electrons. The third kappa shape index (κ3) is 6.84. The van der Waals surface area contributed by atoms with Crippen LogP contribution in [0.4, 0.5) is 9.52 Å². The highest BCUT2D eigenvalue weighted by Crippen LogP contribution is 2.31. The van der Waals surface area contributed by atoms with Crippen LogP contribution in [-0.4, -0.2) is 82.0 Å². The number of benzene rings is 2. The SMILES string of the molecule is CN(C)CCCN(C(=O)c1ccc(S(=O)(=O)N(C)CC2CCCO2)cc1)c1nc2c(F)cccc2s1.Cl. The fourth-order valence-electron chi connectivity index (χ4n) is 4.13. The summed E-state index contributed by atoms with van der Waals surface area (Å²) in [7, 11) is 1.73. The second kappa shape index (κ2) is 12.6. The van der Waals surface area contributed by atoms with Crippen molar-refractivity contribution in [1.82, 2.24) is 14.2 Å². The molecule has 12 heteroatoms. The minimum absolute atomic E-state index is 0. The standard InChI is InChI=1S/C25H31FN4O4S2.ClH/c1-28(2)14-6-15-30(25-27-23-21(26)8-4-9-22(23)35-25)24(31)18-10-12-20(13-11-18)36(32,33)29(3)17-19-7-5-16-34-19;/h4,8-13,19H,5-7,14-17H2,1-3H3;1H. The Balaban J connectivity index is 0.00000380. The molecule has 1 unspecified atom stereocenters. The van der Waals surface area contributed by atoms with Crippen LogP contribution in [0.5, 0.6) is 0 Å². The molecule has 0 bridgehead atoms. The summed E-state index contributed by atoms with van der Waals surface area (Å²) < 4.78 is 47.8. The Bertz CT molecular complexity index is 1310. The van der Waals surface area contributed by atoms with E-state index in [0.717, 1.165) is 19.4 Å². The fraction of sp³-hybridized carbons (Fsp3) is 0.440. The van der Waals surface area contributed by atoms with Gasteiger partial charge in [0, 0.05) is 32.3 Å². The second-order valence-electron chi connectivity index (χ2n) is 9.14. The van der Waals surface area contributed by atoms with E-state index < -0.39 is 15.8 Å². The van der Waals surface area contributed by atoms with Gasteiger partial charge in [0.1, 0.15) is 11.3 Å². The summed E-state index contributed by atoms with van der Waals surface area (Å²) in [4.78, 5) is 21.6. The summed E-state index contributed by atoms with van der Waals surface area (Å²) in [6.45, 7) is 2.10. The van der Waals surface area contributed by atoms with Gasteiger partial charge in [-0.05, 0) is 76.3 Å². The first kappa shape index (κ1) is 29.4. The van der Waals surface area contributed by atoms with Crippen molar-refractivity contribution in [2.75, 3.05) is 52.3 Å². The van der Waals surface area contributed by atoms with Crippen molar-refractivity contribution in [3.8, 4) is 0 Å². The molecule has 3 aromatic rings. The Kier molecular flexibility index (Phi) is 10.0. The molecular formula is C25H32ClFN4O4S2. The van der Waals surface area contributed by atoms with Crippen LogP contribution in [0.1, 0.15) is 29.6 Å². The zero-order valence-corrected chi connectivity index (χ0v) is 23.5. The van der Waals surface area contributed by atoms with E-state index in [0.29, 0.717) is 35.0 Å². The monoisotopic (exact) mass is 570 g/mol. The lowest BCUT2D eigenvalue weighted by molar-refractivity contribution is 0.0978. The highest BCUT2D eigenvalue weighted by molar-refractivity contribution is 7.89. The van der Waals surface area contributed by atoms with Gasteiger partial charge in [-0.3, -0.25) is 9.69 Å². The van der Waals surface area contributed by atoms with Crippen molar-refractivity contribution in [2.45, 2.75) is 30.3 Å². The lowest BCUT2D eigenvalue weighted by Crippen LogP contribution is -2.34. The lowest BCUT2D eigenvalue weighted by atomic mass is 10.2. The molecule has 1 aromatic heterocycles. The van der Waals surface area contributed by atoms with E-state index in [2.05, 4.69) is 4.98 Å². The van der Waals surface area contributed by atoms with E-state index in [-0.39, 0.29) is 41.4 Å². The molecule has 0 N–H and O–H groups in total. The molecule has 37 heavy (non-hydrogen) atoms. The molecule has 1 fully saturated rings. The number of carbonyl (C=O) groups is 1. The third-order valence-corrected chi connectivity index (χ3v) is 9.00. The number of rotatable bonds is 10. The zero-order valence-electron chi connectivity index (χ0n) is 21.1. The minimum Gasteiger partial charge on any atom is -0.377 e. The van der Waals surface area contributed by atoms with Gasteiger partial charge in [-0.25, -0.2) is 17.8 Å². The molecule has 1 atom stereocenters. The number of hydrogen-bond acceptors (Lipinski definition) is 7. The quantitative estimate of drug-likeness (QED) is 0.362. The van der Waals surface area contributed by atoms with Crippen molar-refractivity contribution < 1.29 is 22.3 Å². The molecule has 0 aliphatic carbocycles. The molecule has 2 heterocycles. The number of likely N-dealkylation sites (N-methyl/N-ethyl adjacent to an activating group) is 1.